The third-order valence-corrected chi connectivity index (χ3v) is 2.65. The Hall–Kier alpha value is -1.68. The SMILES string of the molecule is CC(CCN)c1ncc(-c2ccncc2)[nH]1. The fourth-order valence-corrected chi connectivity index (χ4v) is 1.65. The van der Waals surface area contributed by atoms with E-state index < -0.39 is 0 Å². The Morgan fingerprint density at radius 3 is 2.81 bits per heavy atom. The predicted octanol–water partition coefficient (Wildman–Crippen LogP) is 1.92. The molecule has 2 aromatic rings. The largest absolute Gasteiger partial charge is 0.342 e. The lowest BCUT2D eigenvalue weighted by Gasteiger charge is -2.05. The number of aromatic nitrogens is 3. The maximum atomic E-state index is 5.53. The van der Waals surface area contributed by atoms with Gasteiger partial charge in [-0.3, -0.25) is 4.98 Å². The molecule has 2 heterocycles. The van der Waals surface area contributed by atoms with Crippen LogP contribution in [0.25, 0.3) is 11.3 Å². The Morgan fingerprint density at radius 1 is 1.38 bits per heavy atom. The van der Waals surface area contributed by atoms with Gasteiger partial charge in [0.2, 0.25) is 0 Å². The smallest absolute Gasteiger partial charge is 0.109 e. The summed E-state index contributed by atoms with van der Waals surface area (Å²) in [6.45, 7) is 2.81. The Kier molecular flexibility index (Phi) is 3.31. The molecular weight excluding hydrogens is 200 g/mol. The molecule has 0 amide bonds. The maximum absolute atomic E-state index is 5.53. The molecule has 0 aliphatic rings. The predicted molar refractivity (Wildman–Crippen MR) is 63.9 cm³/mol. The van der Waals surface area contributed by atoms with E-state index in [1.54, 1.807) is 12.4 Å². The van der Waals surface area contributed by atoms with Gasteiger partial charge in [-0.2, -0.15) is 0 Å². The third kappa shape index (κ3) is 2.28. The monoisotopic (exact) mass is 216 g/mol. The Morgan fingerprint density at radius 2 is 2.12 bits per heavy atom. The van der Waals surface area contributed by atoms with Crippen LogP contribution in [0.5, 0.6) is 0 Å². The van der Waals surface area contributed by atoms with E-state index >= 15 is 0 Å². The summed E-state index contributed by atoms with van der Waals surface area (Å²) in [5.41, 5.74) is 7.67. The van der Waals surface area contributed by atoms with Gasteiger partial charge in [-0.05, 0) is 25.1 Å². The normalized spacial score (nSPS) is 12.6. The van der Waals surface area contributed by atoms with Crippen molar-refractivity contribution < 1.29 is 0 Å². The van der Waals surface area contributed by atoms with Gasteiger partial charge in [0.1, 0.15) is 5.82 Å². The standard InChI is InChI=1S/C12H16N4/c1-9(2-5-13)12-15-8-11(16-12)10-3-6-14-7-4-10/h3-4,6-9H,2,5,13H2,1H3,(H,15,16). The molecule has 16 heavy (non-hydrogen) atoms. The molecule has 4 nitrogen and oxygen atoms in total. The molecule has 0 fully saturated rings. The van der Waals surface area contributed by atoms with Crippen molar-refractivity contribution >= 4 is 0 Å². The van der Waals surface area contributed by atoms with E-state index in [2.05, 4.69) is 21.9 Å². The molecule has 0 aromatic carbocycles. The zero-order valence-electron chi connectivity index (χ0n) is 9.35. The first-order valence-electron chi connectivity index (χ1n) is 5.46. The number of hydrogen-bond donors (Lipinski definition) is 2. The van der Waals surface area contributed by atoms with Crippen LogP contribution < -0.4 is 5.73 Å². The lowest BCUT2D eigenvalue weighted by Crippen LogP contribution is -2.05. The van der Waals surface area contributed by atoms with E-state index in [-0.39, 0.29) is 0 Å². The van der Waals surface area contributed by atoms with Crippen LogP contribution in [0.2, 0.25) is 0 Å². The Labute approximate surface area is 94.9 Å². The summed E-state index contributed by atoms with van der Waals surface area (Å²) in [6.07, 6.45) is 6.36. The highest BCUT2D eigenvalue weighted by atomic mass is 14.9. The number of rotatable bonds is 4. The maximum Gasteiger partial charge on any atom is 0.109 e. The second kappa shape index (κ2) is 4.90. The van der Waals surface area contributed by atoms with Crippen LogP contribution in [0.1, 0.15) is 25.1 Å². The quantitative estimate of drug-likeness (QED) is 0.820. The minimum Gasteiger partial charge on any atom is -0.342 e. The summed E-state index contributed by atoms with van der Waals surface area (Å²) in [7, 11) is 0. The second-order valence-corrected chi connectivity index (χ2v) is 3.90. The van der Waals surface area contributed by atoms with E-state index in [0.717, 1.165) is 23.5 Å². The molecule has 2 rings (SSSR count). The molecule has 84 valence electrons. The van der Waals surface area contributed by atoms with Gasteiger partial charge in [-0.15, -0.1) is 0 Å². The summed E-state index contributed by atoms with van der Waals surface area (Å²) < 4.78 is 0. The number of nitrogens with zero attached hydrogens (tertiary/aromatic N) is 2. The topological polar surface area (TPSA) is 67.6 Å². The number of pyridine rings is 1. The summed E-state index contributed by atoms with van der Waals surface area (Å²) in [4.78, 5) is 11.7. The number of nitrogens with two attached hydrogens (primary N) is 1. The van der Waals surface area contributed by atoms with Crippen LogP contribution in [0.4, 0.5) is 0 Å². The highest BCUT2D eigenvalue weighted by Crippen LogP contribution is 2.20. The molecule has 0 radical (unpaired) electrons. The number of H-pyrrole nitrogens is 1. The van der Waals surface area contributed by atoms with Crippen molar-refractivity contribution in [2.75, 3.05) is 6.54 Å². The highest BCUT2D eigenvalue weighted by Gasteiger charge is 2.09. The van der Waals surface area contributed by atoms with Gasteiger partial charge < -0.3 is 10.7 Å². The van der Waals surface area contributed by atoms with Crippen molar-refractivity contribution in [3.8, 4) is 11.3 Å². The van der Waals surface area contributed by atoms with Gasteiger partial charge in [-0.1, -0.05) is 6.92 Å². The van der Waals surface area contributed by atoms with E-state index in [1.165, 1.54) is 0 Å². The van der Waals surface area contributed by atoms with Crippen molar-refractivity contribution in [3.05, 3.63) is 36.5 Å². The average Bonchev–Trinajstić information content (AvgIpc) is 2.80. The van der Waals surface area contributed by atoms with Gasteiger partial charge in [0.05, 0.1) is 11.9 Å². The molecule has 1 atom stereocenters. The molecule has 0 bridgehead atoms. The van der Waals surface area contributed by atoms with Crippen LogP contribution in [0.15, 0.2) is 30.7 Å². The zero-order chi connectivity index (χ0) is 11.4. The van der Waals surface area contributed by atoms with Crippen LogP contribution >= 0.6 is 0 Å². The highest BCUT2D eigenvalue weighted by molar-refractivity contribution is 5.57. The molecule has 0 spiro atoms. The summed E-state index contributed by atoms with van der Waals surface area (Å²) in [6, 6.07) is 3.93. The Bertz CT molecular complexity index is 435. The van der Waals surface area contributed by atoms with Crippen molar-refractivity contribution in [2.24, 2.45) is 5.73 Å². The number of aromatic amines is 1. The number of imidazole rings is 1. The van der Waals surface area contributed by atoms with Crippen LogP contribution in [0.3, 0.4) is 0 Å². The van der Waals surface area contributed by atoms with E-state index in [1.807, 2.05) is 18.3 Å². The molecule has 0 saturated carbocycles. The summed E-state index contributed by atoms with van der Waals surface area (Å²) in [5, 5.41) is 0. The minimum atomic E-state index is 0.376. The van der Waals surface area contributed by atoms with Gasteiger partial charge >= 0.3 is 0 Å². The first-order chi connectivity index (χ1) is 7.81. The number of nitrogens with one attached hydrogen (secondary N) is 1. The molecule has 0 aliphatic carbocycles. The van der Waals surface area contributed by atoms with Crippen molar-refractivity contribution in [1.82, 2.24) is 15.0 Å². The molecular formula is C12H16N4. The average molecular weight is 216 g/mol. The van der Waals surface area contributed by atoms with Crippen molar-refractivity contribution in [2.45, 2.75) is 19.3 Å². The van der Waals surface area contributed by atoms with E-state index in [4.69, 9.17) is 5.73 Å². The lowest BCUT2D eigenvalue weighted by molar-refractivity contribution is 0.655. The van der Waals surface area contributed by atoms with Crippen LogP contribution in [-0.4, -0.2) is 21.5 Å². The summed E-state index contributed by atoms with van der Waals surface area (Å²) >= 11 is 0. The van der Waals surface area contributed by atoms with E-state index in [0.29, 0.717) is 12.5 Å². The molecule has 2 aromatic heterocycles. The molecule has 4 heteroatoms. The number of hydrogen-bond acceptors (Lipinski definition) is 3. The van der Waals surface area contributed by atoms with E-state index in [9.17, 15) is 0 Å². The van der Waals surface area contributed by atoms with Gasteiger partial charge in [-0.25, -0.2) is 4.98 Å². The molecule has 0 aliphatic heterocycles. The van der Waals surface area contributed by atoms with Gasteiger partial charge in [0.25, 0.3) is 0 Å². The van der Waals surface area contributed by atoms with Crippen molar-refractivity contribution in [1.29, 1.82) is 0 Å². The minimum absolute atomic E-state index is 0.376. The van der Waals surface area contributed by atoms with Crippen LogP contribution in [0, 0.1) is 0 Å². The molecule has 1 unspecified atom stereocenters. The first kappa shape index (κ1) is 10.8. The lowest BCUT2D eigenvalue weighted by atomic mass is 10.1. The fraction of sp³-hybridized carbons (Fsp3) is 0.333. The first-order valence-corrected chi connectivity index (χ1v) is 5.46. The second-order valence-electron chi connectivity index (χ2n) is 3.90. The van der Waals surface area contributed by atoms with Gasteiger partial charge in [0, 0.05) is 23.9 Å². The summed E-state index contributed by atoms with van der Waals surface area (Å²) in [5.74, 6) is 1.37. The molecule has 3 N–H and O–H groups in total. The zero-order valence-corrected chi connectivity index (χ0v) is 9.35. The Balaban J connectivity index is 2.20. The van der Waals surface area contributed by atoms with Crippen LogP contribution in [-0.2, 0) is 0 Å². The molecule has 0 saturated heterocycles. The third-order valence-electron chi connectivity index (χ3n) is 2.65. The van der Waals surface area contributed by atoms with Gasteiger partial charge in [0.15, 0.2) is 0 Å². The fourth-order valence-electron chi connectivity index (χ4n) is 1.65. The van der Waals surface area contributed by atoms with Crippen molar-refractivity contribution in [3.63, 3.8) is 0 Å².